The van der Waals surface area contributed by atoms with Crippen LogP contribution >= 0.6 is 47.4 Å². The van der Waals surface area contributed by atoms with E-state index in [-0.39, 0.29) is 23.1 Å². The van der Waals surface area contributed by atoms with E-state index in [4.69, 9.17) is 34.2 Å². The van der Waals surface area contributed by atoms with Crippen LogP contribution in [0.2, 0.25) is 10.0 Å². The number of amidine groups is 1. The number of hydrogen-bond acceptors (Lipinski definition) is 9. The molecule has 0 aromatic heterocycles. The van der Waals surface area contributed by atoms with E-state index in [1.165, 1.54) is 114 Å². The molecule has 2 aromatic carbocycles. The maximum Gasteiger partial charge on any atom is 0.212 e. The molecule has 1 saturated carbocycles. The van der Waals surface area contributed by atoms with Crippen LogP contribution in [0.15, 0.2) is 63.1 Å². The van der Waals surface area contributed by atoms with Crippen molar-refractivity contribution in [2.45, 2.75) is 108 Å². The molecule has 4 aliphatic heterocycles. The molecule has 3 N–H and O–H groups in total. The molecule has 8 nitrogen and oxygen atoms in total. The molecule has 0 radical (unpaired) electrons. The predicted octanol–water partition coefficient (Wildman–Crippen LogP) is 8.76. The molecule has 3 saturated heterocycles. The Morgan fingerprint density at radius 3 is 1.79 bits per heavy atom. The molecule has 2 aromatic rings. The van der Waals surface area contributed by atoms with Crippen LogP contribution in [0, 0.1) is 17.4 Å². The van der Waals surface area contributed by atoms with Crippen LogP contribution in [0.3, 0.4) is 0 Å². The quantitative estimate of drug-likeness (QED) is 0.245. The molecular formula is C40H59Cl3N8S2. The van der Waals surface area contributed by atoms with Crippen molar-refractivity contribution in [2.75, 3.05) is 43.8 Å². The molecule has 0 bridgehead atoms. The van der Waals surface area contributed by atoms with Gasteiger partial charge in [-0.05, 0) is 157 Å². The third kappa shape index (κ3) is 14.1. The lowest BCUT2D eigenvalue weighted by molar-refractivity contribution is 0.133. The summed E-state index contributed by atoms with van der Waals surface area (Å²) in [6, 6.07) is 19.7. The van der Waals surface area contributed by atoms with Gasteiger partial charge in [0.15, 0.2) is 0 Å². The number of thioether (sulfide) groups is 1. The number of piperidine rings is 1. The predicted molar refractivity (Wildman–Crippen MR) is 232 cm³/mol. The first-order chi connectivity index (χ1) is 25.3. The van der Waals surface area contributed by atoms with Crippen molar-refractivity contribution < 1.29 is 0 Å². The third-order valence-electron chi connectivity index (χ3n) is 11.2. The molecule has 0 spiro atoms. The van der Waals surface area contributed by atoms with Gasteiger partial charge in [-0.2, -0.15) is 26.5 Å². The fraction of sp³-hybridized carbons (Fsp3) is 0.625. The van der Waals surface area contributed by atoms with Crippen molar-refractivity contribution in [1.29, 1.82) is 5.26 Å². The molecule has 7 rings (SSSR count). The van der Waals surface area contributed by atoms with Gasteiger partial charge < -0.3 is 11.1 Å². The van der Waals surface area contributed by atoms with Gasteiger partial charge in [-0.25, -0.2) is 0 Å². The molecule has 3 atom stereocenters. The number of nitrogens with zero attached hydrogens (tertiary/aromatic N) is 6. The second-order valence-electron chi connectivity index (χ2n) is 14.8. The van der Waals surface area contributed by atoms with Gasteiger partial charge in [0.25, 0.3) is 0 Å². The van der Waals surface area contributed by atoms with E-state index in [2.05, 4.69) is 53.9 Å². The van der Waals surface area contributed by atoms with Crippen LogP contribution in [0.4, 0.5) is 0 Å². The normalized spacial score (nSPS) is 25.6. The summed E-state index contributed by atoms with van der Waals surface area (Å²) in [4.78, 5) is 5.56. The summed E-state index contributed by atoms with van der Waals surface area (Å²) in [5, 5.41) is 22.5. The van der Waals surface area contributed by atoms with Gasteiger partial charge in [0.1, 0.15) is 5.84 Å². The Hall–Kier alpha value is -1.68. The molecule has 13 heteroatoms. The maximum absolute atomic E-state index is 8.04. The summed E-state index contributed by atoms with van der Waals surface area (Å²) in [5.41, 5.74) is 9.83. The summed E-state index contributed by atoms with van der Waals surface area (Å²) in [5.74, 6) is 1.28. The van der Waals surface area contributed by atoms with Crippen LogP contribution in [0.1, 0.15) is 81.8 Å². The highest BCUT2D eigenvalue weighted by Gasteiger charge is 2.35. The minimum Gasteiger partial charge on any atom is -0.385 e. The summed E-state index contributed by atoms with van der Waals surface area (Å²) in [6.07, 6.45) is 21.9. The standard InChI is InChI=1S/C20H27ClN4.C16H23ClN2.C4H8N2S2.ClH/c21-16-7-3-14(4-8-16)12-18-2-1-11-25(18)17-9-5-15(6-10-17)19-13-20(22)24-23-19;17-14-5-3-13(4-6-14)12-16-2-1-11-19(16)15-7-9-18-10-8-15;1-7-4-8(2)6-3-5;/h3-4,7-8,15,17-18H,1-2,5-6,9-13H2,(H2,22,24);3-6,15-16,18H,1-2,7-12H2;4H2,1-2H3;1H/t15?,17?,18-;16-;;/m11../s1. The zero-order valence-corrected chi connectivity index (χ0v) is 35.4. The summed E-state index contributed by atoms with van der Waals surface area (Å²) < 4.78 is 3.63. The van der Waals surface area contributed by atoms with E-state index in [0.717, 1.165) is 46.1 Å². The zero-order valence-electron chi connectivity index (χ0n) is 31.5. The van der Waals surface area contributed by atoms with Gasteiger partial charge >= 0.3 is 0 Å². The van der Waals surface area contributed by atoms with E-state index in [1.54, 1.807) is 18.0 Å². The van der Waals surface area contributed by atoms with Crippen molar-refractivity contribution in [3.8, 4) is 6.19 Å². The number of nitrogens with one attached hydrogen (secondary N) is 1. The molecule has 4 fully saturated rings. The lowest BCUT2D eigenvalue weighted by atomic mass is 9.81. The molecule has 5 aliphatic rings. The SMILES string of the molecule is CSCS(C)=NC#N.Cl.Clc1ccc(C[C@H]2CCCN2C2CCNCC2)cc1.NC1=NN=C(C2CCC(N3CCC[C@@H]3Cc3ccc(Cl)cc3)CC2)C1. The van der Waals surface area contributed by atoms with Crippen molar-refractivity contribution >= 4 is 69.6 Å². The van der Waals surface area contributed by atoms with Gasteiger partial charge in [0, 0.05) is 40.6 Å². The Balaban J connectivity index is 0.000000199. The van der Waals surface area contributed by atoms with Gasteiger partial charge in [0.2, 0.25) is 6.19 Å². The largest absolute Gasteiger partial charge is 0.385 e. The topological polar surface area (TPSA) is 105 Å². The Morgan fingerprint density at radius 2 is 1.34 bits per heavy atom. The van der Waals surface area contributed by atoms with E-state index in [1.807, 2.05) is 36.8 Å². The second kappa shape index (κ2) is 23.4. The number of nitriles is 1. The first-order valence-corrected chi connectivity index (χ1v) is 23.0. The van der Waals surface area contributed by atoms with E-state index < -0.39 is 0 Å². The molecule has 53 heavy (non-hydrogen) atoms. The van der Waals surface area contributed by atoms with Gasteiger partial charge in [-0.1, -0.05) is 58.2 Å². The Labute approximate surface area is 341 Å². The average molecular weight is 822 g/mol. The number of hydrogen-bond donors (Lipinski definition) is 2. The van der Waals surface area contributed by atoms with Crippen LogP contribution in [0.25, 0.3) is 0 Å². The van der Waals surface area contributed by atoms with Crippen molar-refractivity contribution in [3.63, 3.8) is 0 Å². The van der Waals surface area contributed by atoms with Crippen LogP contribution in [-0.2, 0) is 23.5 Å². The second-order valence-corrected chi connectivity index (χ2v) is 18.5. The van der Waals surface area contributed by atoms with Gasteiger partial charge in [0.05, 0.1) is 10.8 Å². The number of benzene rings is 2. The Kier molecular flexibility index (Phi) is 19.4. The van der Waals surface area contributed by atoms with Crippen LogP contribution in [0.5, 0.6) is 0 Å². The molecular weight excluding hydrogens is 763 g/mol. The monoisotopic (exact) mass is 820 g/mol. The highest BCUT2D eigenvalue weighted by Crippen LogP contribution is 2.35. The van der Waals surface area contributed by atoms with Crippen molar-refractivity contribution in [2.24, 2.45) is 26.2 Å². The first kappa shape index (κ1) is 44.0. The zero-order chi connectivity index (χ0) is 36.7. The average Bonchev–Trinajstić information content (AvgIpc) is 3.93. The fourth-order valence-electron chi connectivity index (χ4n) is 8.66. The summed E-state index contributed by atoms with van der Waals surface area (Å²) in [7, 11) is -0.0432. The van der Waals surface area contributed by atoms with E-state index in [0.29, 0.717) is 17.8 Å². The van der Waals surface area contributed by atoms with E-state index >= 15 is 0 Å². The Bertz CT molecular complexity index is 1520. The van der Waals surface area contributed by atoms with Crippen molar-refractivity contribution in [3.05, 3.63) is 69.7 Å². The molecule has 1 aliphatic carbocycles. The molecule has 1 unspecified atom stereocenters. The summed E-state index contributed by atoms with van der Waals surface area (Å²) in [6.45, 7) is 4.93. The highest BCUT2D eigenvalue weighted by molar-refractivity contribution is 8.10. The summed E-state index contributed by atoms with van der Waals surface area (Å²) >= 11 is 13.7. The lowest BCUT2D eigenvalue weighted by Crippen LogP contribution is -2.45. The number of likely N-dealkylation sites (tertiary alicyclic amines) is 2. The minimum absolute atomic E-state index is 0. The van der Waals surface area contributed by atoms with Crippen molar-refractivity contribution in [1.82, 2.24) is 15.1 Å². The third-order valence-corrected chi connectivity index (χ3v) is 14.4. The minimum atomic E-state index is -0.0432. The van der Waals surface area contributed by atoms with Crippen LogP contribution < -0.4 is 11.1 Å². The van der Waals surface area contributed by atoms with E-state index in [9.17, 15) is 0 Å². The van der Waals surface area contributed by atoms with Gasteiger partial charge in [-0.15, -0.1) is 17.5 Å². The van der Waals surface area contributed by atoms with Gasteiger partial charge in [-0.3, -0.25) is 9.80 Å². The lowest BCUT2D eigenvalue weighted by Gasteiger charge is -2.38. The first-order valence-electron chi connectivity index (χ1n) is 19.1. The maximum atomic E-state index is 8.04. The smallest absolute Gasteiger partial charge is 0.212 e. The number of nitrogens with two attached hydrogens (primary N) is 1. The molecule has 4 heterocycles. The highest BCUT2D eigenvalue weighted by atomic mass is 35.5. The number of halogens is 3. The fourth-order valence-corrected chi connectivity index (χ4v) is 10.6. The number of rotatable bonds is 9. The van der Waals surface area contributed by atoms with Crippen LogP contribution in [-0.4, -0.2) is 89.3 Å². The molecule has 0 amide bonds. The molecule has 292 valence electrons. The Morgan fingerprint density at radius 1 is 0.830 bits per heavy atom.